The Kier molecular flexibility index (Phi) is 4.59. The van der Waals surface area contributed by atoms with Gasteiger partial charge in [-0.05, 0) is 42.0 Å². The molecule has 0 fully saturated rings. The third kappa shape index (κ3) is 3.74. The van der Waals surface area contributed by atoms with Gasteiger partial charge in [-0.3, -0.25) is 0 Å². The second kappa shape index (κ2) is 6.40. The van der Waals surface area contributed by atoms with Crippen molar-refractivity contribution in [2.75, 3.05) is 0 Å². The molecule has 2 nitrogen and oxygen atoms in total. The van der Waals surface area contributed by atoms with E-state index in [2.05, 4.69) is 27.4 Å². The Hall–Kier alpha value is -1.55. The molecule has 90 valence electrons. The van der Waals surface area contributed by atoms with E-state index < -0.39 is 0 Å². The zero-order valence-electron chi connectivity index (χ0n) is 9.34. The van der Waals surface area contributed by atoms with Gasteiger partial charge in [0.25, 0.3) is 0 Å². The molecule has 0 radical (unpaired) electrons. The molecule has 0 spiro atoms. The molecule has 0 aliphatic heterocycles. The van der Waals surface area contributed by atoms with Crippen LogP contribution in [0.3, 0.4) is 0 Å². The fourth-order valence-electron chi connectivity index (χ4n) is 1.31. The van der Waals surface area contributed by atoms with Crippen molar-refractivity contribution in [3.8, 4) is 0 Å². The van der Waals surface area contributed by atoms with Crippen molar-refractivity contribution in [2.24, 2.45) is 4.99 Å². The van der Waals surface area contributed by atoms with E-state index >= 15 is 0 Å². The van der Waals surface area contributed by atoms with Crippen molar-refractivity contribution in [3.63, 3.8) is 0 Å². The maximum atomic E-state index is 12.7. The van der Waals surface area contributed by atoms with E-state index in [-0.39, 0.29) is 5.82 Å². The number of aromatic nitrogens is 1. The summed E-state index contributed by atoms with van der Waals surface area (Å²) in [5.74, 6) is 0.535. The molecule has 0 aliphatic rings. The third-order valence-electron chi connectivity index (χ3n) is 2.20. The van der Waals surface area contributed by atoms with Crippen molar-refractivity contribution in [1.29, 1.82) is 0 Å². The second-order valence-electron chi connectivity index (χ2n) is 3.47. The summed E-state index contributed by atoms with van der Waals surface area (Å²) in [6.07, 6.45) is 1.65. The minimum absolute atomic E-state index is 0.218. The van der Waals surface area contributed by atoms with Gasteiger partial charge >= 0.3 is 0 Å². The highest BCUT2D eigenvalue weighted by Crippen LogP contribution is 2.22. The van der Waals surface area contributed by atoms with Gasteiger partial charge in [0.2, 0.25) is 0 Å². The molecule has 0 bridgehead atoms. The SMILES string of the molecule is Fc1ccc(CSc2ccc(N=C=S)cn2)cc1. The number of benzene rings is 1. The molecule has 1 aromatic heterocycles. The lowest BCUT2D eigenvalue weighted by Crippen LogP contribution is -1.83. The number of hydrogen-bond acceptors (Lipinski definition) is 4. The first kappa shape index (κ1) is 12.9. The zero-order valence-corrected chi connectivity index (χ0v) is 11.0. The predicted octanol–water partition coefficient (Wildman–Crippen LogP) is 4.25. The van der Waals surface area contributed by atoms with Gasteiger partial charge in [0, 0.05) is 5.75 Å². The first-order chi connectivity index (χ1) is 8.78. The lowest BCUT2D eigenvalue weighted by molar-refractivity contribution is 0.627. The van der Waals surface area contributed by atoms with Crippen LogP contribution in [0.25, 0.3) is 0 Å². The Morgan fingerprint density at radius 2 is 2.00 bits per heavy atom. The number of thioether (sulfide) groups is 1. The lowest BCUT2D eigenvalue weighted by Gasteiger charge is -2.01. The van der Waals surface area contributed by atoms with Crippen molar-refractivity contribution in [3.05, 3.63) is 54.0 Å². The number of isothiocyanates is 1. The van der Waals surface area contributed by atoms with Crippen molar-refractivity contribution in [1.82, 2.24) is 4.98 Å². The fraction of sp³-hybridized carbons (Fsp3) is 0.0769. The average molecular weight is 276 g/mol. The van der Waals surface area contributed by atoms with Gasteiger partial charge in [0.1, 0.15) is 5.82 Å². The molecule has 18 heavy (non-hydrogen) atoms. The Bertz CT molecular complexity index is 561. The fourth-order valence-corrected chi connectivity index (χ4v) is 2.22. The largest absolute Gasteiger partial charge is 0.248 e. The minimum atomic E-state index is -0.218. The molecular weight excluding hydrogens is 267 g/mol. The molecule has 0 unspecified atom stereocenters. The Labute approximate surface area is 114 Å². The van der Waals surface area contributed by atoms with E-state index in [0.29, 0.717) is 5.69 Å². The Balaban J connectivity index is 1.97. The standard InChI is InChI=1S/C13H9FN2S2/c14-11-3-1-10(2-4-11)8-18-13-6-5-12(7-15-13)16-9-17/h1-7H,8H2. The molecule has 0 atom stereocenters. The zero-order chi connectivity index (χ0) is 12.8. The van der Waals surface area contributed by atoms with E-state index in [1.165, 1.54) is 12.1 Å². The van der Waals surface area contributed by atoms with Crippen LogP contribution in [-0.2, 0) is 5.75 Å². The molecule has 0 amide bonds. The van der Waals surface area contributed by atoms with Crippen LogP contribution in [0.5, 0.6) is 0 Å². The van der Waals surface area contributed by atoms with Crippen LogP contribution in [0.15, 0.2) is 52.6 Å². The summed E-state index contributed by atoms with van der Waals surface area (Å²) < 4.78 is 12.7. The van der Waals surface area contributed by atoms with E-state index in [0.717, 1.165) is 16.3 Å². The third-order valence-corrected chi connectivity index (χ3v) is 3.30. The minimum Gasteiger partial charge on any atom is -0.248 e. The van der Waals surface area contributed by atoms with E-state index in [1.807, 2.05) is 12.1 Å². The summed E-state index contributed by atoms with van der Waals surface area (Å²) in [6, 6.07) is 10.2. The maximum absolute atomic E-state index is 12.7. The number of hydrogen-bond donors (Lipinski definition) is 0. The van der Waals surface area contributed by atoms with Crippen molar-refractivity contribution < 1.29 is 4.39 Å². The quantitative estimate of drug-likeness (QED) is 0.474. The molecule has 1 aromatic carbocycles. The number of rotatable bonds is 4. The first-order valence-electron chi connectivity index (χ1n) is 5.19. The first-order valence-corrected chi connectivity index (χ1v) is 6.58. The molecule has 1 heterocycles. The van der Waals surface area contributed by atoms with E-state index in [9.17, 15) is 4.39 Å². The van der Waals surface area contributed by atoms with Crippen LogP contribution >= 0.6 is 24.0 Å². The molecule has 2 rings (SSSR count). The summed E-state index contributed by atoms with van der Waals surface area (Å²) >= 11 is 6.10. The van der Waals surface area contributed by atoms with E-state index in [4.69, 9.17) is 0 Å². The predicted molar refractivity (Wildman–Crippen MR) is 74.9 cm³/mol. The van der Waals surface area contributed by atoms with Crippen LogP contribution in [-0.4, -0.2) is 10.1 Å². The summed E-state index contributed by atoms with van der Waals surface area (Å²) in [7, 11) is 0. The molecule has 0 aliphatic carbocycles. The van der Waals surface area contributed by atoms with Gasteiger partial charge in [-0.15, -0.1) is 11.8 Å². The number of nitrogens with zero attached hydrogens (tertiary/aromatic N) is 2. The monoisotopic (exact) mass is 276 g/mol. The molecule has 0 saturated heterocycles. The van der Waals surface area contributed by atoms with Gasteiger partial charge in [0.15, 0.2) is 0 Å². The van der Waals surface area contributed by atoms with Gasteiger partial charge in [0.05, 0.1) is 22.1 Å². The number of pyridine rings is 1. The number of aliphatic imine (C=N–C) groups is 1. The van der Waals surface area contributed by atoms with Crippen LogP contribution in [0.1, 0.15) is 5.56 Å². The normalized spacial score (nSPS) is 9.83. The summed E-state index contributed by atoms with van der Waals surface area (Å²) in [4.78, 5) is 8.07. The van der Waals surface area contributed by atoms with Crippen LogP contribution in [0.2, 0.25) is 0 Å². The van der Waals surface area contributed by atoms with Crippen LogP contribution in [0, 0.1) is 5.82 Å². The molecule has 5 heteroatoms. The molecular formula is C13H9FN2S2. The summed E-state index contributed by atoms with van der Waals surface area (Å²) in [5.41, 5.74) is 1.75. The smallest absolute Gasteiger partial charge is 0.123 e. The summed E-state index contributed by atoms with van der Waals surface area (Å²) in [5, 5.41) is 3.18. The molecule has 0 N–H and O–H groups in total. The van der Waals surface area contributed by atoms with Gasteiger partial charge < -0.3 is 0 Å². The summed E-state index contributed by atoms with van der Waals surface area (Å²) in [6.45, 7) is 0. The highest BCUT2D eigenvalue weighted by molar-refractivity contribution is 7.98. The van der Waals surface area contributed by atoms with Crippen LogP contribution < -0.4 is 0 Å². The average Bonchev–Trinajstić information content (AvgIpc) is 2.40. The molecule has 2 aromatic rings. The number of halogens is 1. The highest BCUT2D eigenvalue weighted by atomic mass is 32.2. The van der Waals surface area contributed by atoms with Crippen LogP contribution in [0.4, 0.5) is 10.1 Å². The highest BCUT2D eigenvalue weighted by Gasteiger charge is 1.98. The van der Waals surface area contributed by atoms with Crippen molar-refractivity contribution in [2.45, 2.75) is 10.8 Å². The number of thiocarbonyl (C=S) groups is 1. The second-order valence-corrected chi connectivity index (χ2v) is 4.65. The molecule has 0 saturated carbocycles. The van der Waals surface area contributed by atoms with Gasteiger partial charge in [-0.2, -0.15) is 4.99 Å². The Morgan fingerprint density at radius 1 is 1.22 bits per heavy atom. The maximum Gasteiger partial charge on any atom is 0.123 e. The van der Waals surface area contributed by atoms with E-state index in [1.54, 1.807) is 30.1 Å². The van der Waals surface area contributed by atoms with Crippen molar-refractivity contribution >= 4 is 34.8 Å². The lowest BCUT2D eigenvalue weighted by atomic mass is 10.2. The topological polar surface area (TPSA) is 25.2 Å². The van der Waals surface area contributed by atoms with Gasteiger partial charge in [-0.1, -0.05) is 12.1 Å². The van der Waals surface area contributed by atoms with Gasteiger partial charge in [-0.25, -0.2) is 9.37 Å². The Morgan fingerprint density at radius 3 is 2.61 bits per heavy atom.